The van der Waals surface area contributed by atoms with E-state index in [0.29, 0.717) is 23.7 Å². The molecule has 0 aliphatic carbocycles. The zero-order chi connectivity index (χ0) is 23.1. The van der Waals surface area contributed by atoms with Crippen LogP contribution in [0.2, 0.25) is 0 Å². The molecule has 164 valence electrons. The summed E-state index contributed by atoms with van der Waals surface area (Å²) < 4.78 is 24.3. The number of terminal acetylenes is 1. The molecule has 0 spiro atoms. The van der Waals surface area contributed by atoms with Crippen LogP contribution in [0.25, 0.3) is 6.08 Å². The molecule has 0 bridgehead atoms. The summed E-state index contributed by atoms with van der Waals surface area (Å²) in [6.07, 6.45) is 6.75. The Morgan fingerprint density at radius 1 is 1.22 bits per heavy atom. The van der Waals surface area contributed by atoms with Crippen molar-refractivity contribution in [2.75, 3.05) is 25.1 Å². The number of hydrogen-bond acceptors (Lipinski definition) is 6. The minimum absolute atomic E-state index is 0.0794. The number of hydrogen-bond donors (Lipinski definition) is 1. The average Bonchev–Trinajstić information content (AvgIpc) is 3.00. The van der Waals surface area contributed by atoms with E-state index in [1.54, 1.807) is 18.2 Å². The zero-order valence-corrected chi connectivity index (χ0v) is 17.9. The van der Waals surface area contributed by atoms with Gasteiger partial charge in [-0.15, -0.1) is 6.42 Å². The summed E-state index contributed by atoms with van der Waals surface area (Å²) in [6.45, 7) is 1.81. The molecule has 3 amide bonds. The van der Waals surface area contributed by atoms with Crippen molar-refractivity contribution >= 4 is 40.6 Å². The van der Waals surface area contributed by atoms with Crippen LogP contribution in [0.1, 0.15) is 12.5 Å². The Hall–Kier alpha value is -3.77. The fraction of sp³-hybridized carbons (Fsp3) is 0.174. The highest BCUT2D eigenvalue weighted by Gasteiger charge is 2.36. The smallest absolute Gasteiger partial charge is 0.294 e. The number of carbonyl (C=O) groups excluding carboxylic acids is 3. The number of ether oxygens (including phenoxy) is 2. The number of imide groups is 1. The van der Waals surface area contributed by atoms with Crippen molar-refractivity contribution in [3.63, 3.8) is 0 Å². The van der Waals surface area contributed by atoms with E-state index in [1.165, 1.54) is 24.3 Å². The van der Waals surface area contributed by atoms with Crippen molar-refractivity contribution in [2.24, 2.45) is 0 Å². The largest absolute Gasteiger partial charge is 0.490 e. The molecule has 1 saturated heterocycles. The van der Waals surface area contributed by atoms with Crippen molar-refractivity contribution in [3.05, 3.63) is 58.8 Å². The van der Waals surface area contributed by atoms with Crippen LogP contribution >= 0.6 is 11.8 Å². The molecule has 1 N–H and O–H groups in total. The molecular weight excluding hydrogens is 435 g/mol. The summed E-state index contributed by atoms with van der Waals surface area (Å²) in [4.78, 5) is 38.2. The van der Waals surface area contributed by atoms with Gasteiger partial charge in [-0.25, -0.2) is 4.39 Å². The molecule has 32 heavy (non-hydrogen) atoms. The van der Waals surface area contributed by atoms with Crippen molar-refractivity contribution in [2.45, 2.75) is 6.92 Å². The first-order valence-electron chi connectivity index (χ1n) is 9.55. The molecule has 9 heteroatoms. The van der Waals surface area contributed by atoms with Gasteiger partial charge in [0.15, 0.2) is 11.5 Å². The lowest BCUT2D eigenvalue weighted by molar-refractivity contribution is -0.127. The molecule has 0 radical (unpaired) electrons. The van der Waals surface area contributed by atoms with Crippen molar-refractivity contribution in [1.29, 1.82) is 0 Å². The maximum absolute atomic E-state index is 13.3. The molecule has 1 heterocycles. The third kappa shape index (κ3) is 5.68. The van der Waals surface area contributed by atoms with Crippen LogP contribution in [0, 0.1) is 18.2 Å². The van der Waals surface area contributed by atoms with Crippen LogP contribution in [0.5, 0.6) is 11.5 Å². The molecule has 3 rings (SSSR count). The molecular formula is C23H19FN2O5S. The van der Waals surface area contributed by atoms with E-state index in [4.69, 9.17) is 15.9 Å². The summed E-state index contributed by atoms with van der Waals surface area (Å²) >= 11 is 0.725. The second-order valence-corrected chi connectivity index (χ2v) is 7.45. The molecule has 2 aromatic rings. The zero-order valence-electron chi connectivity index (χ0n) is 17.1. The van der Waals surface area contributed by atoms with E-state index in [2.05, 4.69) is 11.2 Å². The van der Waals surface area contributed by atoms with E-state index in [-0.39, 0.29) is 17.2 Å². The first kappa shape index (κ1) is 22.9. The number of thioether (sulfide) groups is 1. The fourth-order valence-corrected chi connectivity index (χ4v) is 3.66. The highest BCUT2D eigenvalue weighted by molar-refractivity contribution is 8.18. The van der Waals surface area contributed by atoms with Gasteiger partial charge in [-0.3, -0.25) is 19.3 Å². The topological polar surface area (TPSA) is 84.9 Å². The number of carbonyl (C=O) groups is 3. The van der Waals surface area contributed by atoms with Gasteiger partial charge in [-0.1, -0.05) is 18.1 Å². The Morgan fingerprint density at radius 2 is 2.03 bits per heavy atom. The SMILES string of the molecule is C#CCOc1ccc(/C=C2/SC(=O)N(CC(=O)Nc3cccc(F)c3)C2=O)cc1OCC. The van der Waals surface area contributed by atoms with Crippen molar-refractivity contribution < 1.29 is 28.2 Å². The minimum atomic E-state index is -0.618. The molecule has 0 aromatic heterocycles. The van der Waals surface area contributed by atoms with Crippen LogP contribution in [0.15, 0.2) is 47.4 Å². The van der Waals surface area contributed by atoms with Gasteiger partial charge in [0.1, 0.15) is 19.0 Å². The van der Waals surface area contributed by atoms with Gasteiger partial charge in [0, 0.05) is 5.69 Å². The van der Waals surface area contributed by atoms with E-state index in [1.807, 2.05) is 6.92 Å². The van der Waals surface area contributed by atoms with Gasteiger partial charge in [0.2, 0.25) is 5.91 Å². The summed E-state index contributed by atoms with van der Waals surface area (Å²) in [7, 11) is 0. The lowest BCUT2D eigenvalue weighted by Gasteiger charge is -2.12. The third-order valence-electron chi connectivity index (χ3n) is 4.16. The lowest BCUT2D eigenvalue weighted by atomic mass is 10.2. The average molecular weight is 454 g/mol. The normalized spacial score (nSPS) is 14.4. The third-order valence-corrected chi connectivity index (χ3v) is 5.07. The van der Waals surface area contributed by atoms with Crippen LogP contribution in [-0.4, -0.2) is 41.7 Å². The maximum Gasteiger partial charge on any atom is 0.294 e. The highest BCUT2D eigenvalue weighted by Crippen LogP contribution is 2.34. The van der Waals surface area contributed by atoms with E-state index < -0.39 is 29.4 Å². The van der Waals surface area contributed by atoms with E-state index >= 15 is 0 Å². The molecule has 0 saturated carbocycles. The predicted octanol–water partition coefficient (Wildman–Crippen LogP) is 3.91. The molecule has 1 aliphatic rings. The summed E-state index contributed by atoms with van der Waals surface area (Å²) in [5, 5.41) is 1.89. The van der Waals surface area contributed by atoms with E-state index in [9.17, 15) is 18.8 Å². The van der Waals surface area contributed by atoms with Crippen LogP contribution in [-0.2, 0) is 9.59 Å². The number of amides is 3. The number of halogens is 1. The number of nitrogens with one attached hydrogen (secondary N) is 1. The van der Waals surface area contributed by atoms with Gasteiger partial charge in [0.05, 0.1) is 11.5 Å². The summed E-state index contributed by atoms with van der Waals surface area (Å²) in [5.74, 6) is 1.56. The lowest BCUT2D eigenvalue weighted by Crippen LogP contribution is -2.36. The summed E-state index contributed by atoms with van der Waals surface area (Å²) in [5.41, 5.74) is 0.837. The minimum Gasteiger partial charge on any atom is -0.490 e. The van der Waals surface area contributed by atoms with Gasteiger partial charge >= 0.3 is 0 Å². The molecule has 1 fully saturated rings. The second kappa shape index (κ2) is 10.5. The Balaban J connectivity index is 1.72. The summed E-state index contributed by atoms with van der Waals surface area (Å²) in [6, 6.07) is 10.3. The Bertz CT molecular complexity index is 1130. The molecule has 1 aliphatic heterocycles. The van der Waals surface area contributed by atoms with Gasteiger partial charge in [-0.05, 0) is 60.7 Å². The standard InChI is InChI=1S/C23H19FN2O5S/c1-3-10-31-18-9-8-15(11-19(18)30-4-2)12-20-22(28)26(23(29)32-20)14-21(27)25-17-7-5-6-16(24)13-17/h1,5-9,11-13H,4,10,14H2,2H3,(H,25,27)/b20-12+. The monoisotopic (exact) mass is 454 g/mol. The quantitative estimate of drug-likeness (QED) is 0.481. The predicted molar refractivity (Wildman–Crippen MR) is 120 cm³/mol. The Morgan fingerprint density at radius 3 is 2.75 bits per heavy atom. The molecule has 2 aromatic carbocycles. The van der Waals surface area contributed by atoms with Crippen LogP contribution < -0.4 is 14.8 Å². The van der Waals surface area contributed by atoms with Crippen LogP contribution in [0.4, 0.5) is 14.9 Å². The molecule has 7 nitrogen and oxygen atoms in total. The number of anilines is 1. The van der Waals surface area contributed by atoms with E-state index in [0.717, 1.165) is 22.7 Å². The number of rotatable bonds is 8. The number of benzene rings is 2. The first-order valence-corrected chi connectivity index (χ1v) is 10.4. The second-order valence-electron chi connectivity index (χ2n) is 6.46. The van der Waals surface area contributed by atoms with Gasteiger partial charge in [0.25, 0.3) is 11.1 Å². The Kier molecular flexibility index (Phi) is 7.52. The highest BCUT2D eigenvalue weighted by atomic mass is 32.2. The van der Waals surface area contributed by atoms with Crippen LogP contribution in [0.3, 0.4) is 0 Å². The van der Waals surface area contributed by atoms with Crippen molar-refractivity contribution in [3.8, 4) is 23.8 Å². The Labute approximate surface area is 188 Å². The van der Waals surface area contributed by atoms with Gasteiger partial charge < -0.3 is 14.8 Å². The maximum atomic E-state index is 13.3. The number of nitrogens with zero attached hydrogens (tertiary/aromatic N) is 1. The van der Waals surface area contributed by atoms with Crippen molar-refractivity contribution in [1.82, 2.24) is 4.90 Å². The molecule has 0 unspecified atom stereocenters. The first-order chi connectivity index (χ1) is 15.4. The van der Waals surface area contributed by atoms with Gasteiger partial charge in [-0.2, -0.15) is 0 Å². The fourth-order valence-electron chi connectivity index (χ4n) is 2.82. The molecule has 0 atom stereocenters.